The number of aromatic nitrogens is 1. The molecule has 5 heteroatoms. The van der Waals surface area contributed by atoms with Crippen molar-refractivity contribution in [2.75, 3.05) is 5.32 Å². The molecule has 0 bridgehead atoms. The molecule has 0 atom stereocenters. The fourth-order valence-electron chi connectivity index (χ4n) is 2.50. The topological polar surface area (TPSA) is 51.2 Å². The Morgan fingerprint density at radius 2 is 1.92 bits per heavy atom. The monoisotopic (exact) mass is 398 g/mol. The van der Waals surface area contributed by atoms with E-state index in [0.717, 1.165) is 21.1 Å². The Hall–Kier alpha value is -2.40. The maximum absolute atomic E-state index is 11.5. The molecule has 3 aromatic rings. The van der Waals surface area contributed by atoms with Gasteiger partial charge in [0, 0.05) is 28.7 Å². The number of carbonyl (C=O) groups excluding carboxylic acids is 1. The molecule has 1 heterocycles. The second-order valence-corrected chi connectivity index (χ2v) is 7.01. The second kappa shape index (κ2) is 7.23. The van der Waals surface area contributed by atoms with E-state index >= 15 is 0 Å². The molecule has 1 N–H and O–H groups in total. The van der Waals surface area contributed by atoms with Crippen LogP contribution in [0.2, 0.25) is 0 Å². The maximum atomic E-state index is 11.5. The van der Waals surface area contributed by atoms with Crippen LogP contribution in [0, 0.1) is 0 Å². The largest absolute Gasteiger partial charge is 0.438 e. The van der Waals surface area contributed by atoms with E-state index in [4.69, 9.17) is 4.74 Å². The van der Waals surface area contributed by atoms with Gasteiger partial charge in [-0.05, 0) is 79.2 Å². The highest BCUT2D eigenvalue weighted by molar-refractivity contribution is 9.10. The highest BCUT2D eigenvalue weighted by Gasteiger charge is 2.08. The van der Waals surface area contributed by atoms with Gasteiger partial charge in [0.15, 0.2) is 5.78 Å². The summed E-state index contributed by atoms with van der Waals surface area (Å²) >= 11 is 3.54. The first kappa shape index (κ1) is 17.4. The summed E-state index contributed by atoms with van der Waals surface area (Å²) < 4.78 is 6.76. The molecule has 25 heavy (non-hydrogen) atoms. The van der Waals surface area contributed by atoms with Crippen LogP contribution in [0.4, 0.5) is 5.69 Å². The molecule has 4 nitrogen and oxygen atoms in total. The Bertz CT molecular complexity index is 938. The normalized spacial score (nSPS) is 10.9. The van der Waals surface area contributed by atoms with Crippen molar-refractivity contribution in [1.82, 2.24) is 4.98 Å². The Kier molecular flexibility index (Phi) is 5.04. The van der Waals surface area contributed by atoms with Crippen LogP contribution in [0.1, 0.15) is 31.1 Å². The second-order valence-electron chi connectivity index (χ2n) is 6.16. The summed E-state index contributed by atoms with van der Waals surface area (Å²) in [4.78, 5) is 16.0. The molecule has 0 aliphatic rings. The fourth-order valence-corrected chi connectivity index (χ4v) is 2.96. The molecule has 0 radical (unpaired) electrons. The molecule has 0 unspecified atom stereocenters. The molecular formula is C20H19BrN2O2. The van der Waals surface area contributed by atoms with Crippen molar-refractivity contribution in [2.24, 2.45) is 0 Å². The van der Waals surface area contributed by atoms with E-state index in [2.05, 4.69) is 40.1 Å². The van der Waals surface area contributed by atoms with Gasteiger partial charge in [0.2, 0.25) is 5.88 Å². The van der Waals surface area contributed by atoms with Crippen LogP contribution >= 0.6 is 15.9 Å². The number of nitrogens with one attached hydrogen (secondary N) is 1. The minimum Gasteiger partial charge on any atom is -0.438 e. The predicted molar refractivity (Wildman–Crippen MR) is 105 cm³/mol. The van der Waals surface area contributed by atoms with Gasteiger partial charge in [-0.15, -0.1) is 0 Å². The van der Waals surface area contributed by atoms with E-state index in [1.807, 2.05) is 36.4 Å². The number of ether oxygens (including phenoxy) is 1. The van der Waals surface area contributed by atoms with Crippen molar-refractivity contribution in [3.63, 3.8) is 0 Å². The number of Topliss-reactive ketones (excluding diaryl/α,β-unsaturated/α-hetero) is 1. The summed E-state index contributed by atoms with van der Waals surface area (Å²) in [5.74, 6) is 1.25. The third kappa shape index (κ3) is 4.17. The van der Waals surface area contributed by atoms with Crippen LogP contribution in [-0.2, 0) is 0 Å². The van der Waals surface area contributed by atoms with E-state index in [-0.39, 0.29) is 5.78 Å². The van der Waals surface area contributed by atoms with Crippen LogP contribution in [0.3, 0.4) is 0 Å². The zero-order valence-electron chi connectivity index (χ0n) is 14.3. The van der Waals surface area contributed by atoms with Crippen molar-refractivity contribution in [3.8, 4) is 11.6 Å². The minimum atomic E-state index is 0.0428. The SMILES string of the molecule is CC(=O)c1ccc2nc(Oc3ccc(NC(C)C)cc3Br)ccc2c1. The molecule has 3 rings (SSSR count). The molecule has 0 saturated heterocycles. The summed E-state index contributed by atoms with van der Waals surface area (Å²) in [5.41, 5.74) is 2.49. The van der Waals surface area contributed by atoms with Crippen molar-refractivity contribution in [1.29, 1.82) is 0 Å². The highest BCUT2D eigenvalue weighted by Crippen LogP contribution is 2.32. The van der Waals surface area contributed by atoms with Gasteiger partial charge in [0.05, 0.1) is 9.99 Å². The first-order valence-corrected chi connectivity index (χ1v) is 8.87. The fraction of sp³-hybridized carbons (Fsp3) is 0.200. The third-order valence-electron chi connectivity index (χ3n) is 3.67. The average Bonchev–Trinajstić information content (AvgIpc) is 2.56. The van der Waals surface area contributed by atoms with E-state index < -0.39 is 0 Å². The lowest BCUT2D eigenvalue weighted by molar-refractivity contribution is 0.101. The molecule has 128 valence electrons. The number of halogens is 1. The lowest BCUT2D eigenvalue weighted by Gasteiger charge is -2.13. The zero-order valence-corrected chi connectivity index (χ0v) is 15.9. The number of rotatable bonds is 5. The quantitative estimate of drug-likeness (QED) is 0.550. The molecule has 0 amide bonds. The van der Waals surface area contributed by atoms with Gasteiger partial charge >= 0.3 is 0 Å². The number of nitrogens with zero attached hydrogens (tertiary/aromatic N) is 1. The Morgan fingerprint density at radius 1 is 1.12 bits per heavy atom. The van der Waals surface area contributed by atoms with Crippen LogP contribution in [0.5, 0.6) is 11.6 Å². The van der Waals surface area contributed by atoms with E-state index in [1.165, 1.54) is 0 Å². The maximum Gasteiger partial charge on any atom is 0.219 e. The Balaban J connectivity index is 1.85. The van der Waals surface area contributed by atoms with E-state index in [1.54, 1.807) is 19.1 Å². The number of pyridine rings is 1. The first-order chi connectivity index (χ1) is 11.9. The summed E-state index contributed by atoms with van der Waals surface area (Å²) in [6.07, 6.45) is 0. The average molecular weight is 399 g/mol. The first-order valence-electron chi connectivity index (χ1n) is 8.08. The van der Waals surface area contributed by atoms with Crippen molar-refractivity contribution < 1.29 is 9.53 Å². The summed E-state index contributed by atoms with van der Waals surface area (Å²) in [5, 5.41) is 4.26. The van der Waals surface area contributed by atoms with Gasteiger partial charge in [-0.1, -0.05) is 0 Å². The van der Waals surface area contributed by atoms with Gasteiger partial charge in [-0.2, -0.15) is 0 Å². The van der Waals surface area contributed by atoms with Crippen LogP contribution in [-0.4, -0.2) is 16.8 Å². The smallest absolute Gasteiger partial charge is 0.219 e. The molecule has 0 saturated carbocycles. The lowest BCUT2D eigenvalue weighted by Crippen LogP contribution is -2.09. The molecule has 0 fully saturated rings. The summed E-state index contributed by atoms with van der Waals surface area (Å²) in [6, 6.07) is 15.4. The highest BCUT2D eigenvalue weighted by atomic mass is 79.9. The number of benzene rings is 2. The number of carbonyl (C=O) groups is 1. The van der Waals surface area contributed by atoms with Crippen molar-refractivity contribution in [2.45, 2.75) is 26.8 Å². The lowest BCUT2D eigenvalue weighted by atomic mass is 10.1. The summed E-state index contributed by atoms with van der Waals surface area (Å²) in [6.45, 7) is 5.74. The third-order valence-corrected chi connectivity index (χ3v) is 4.29. The standard InChI is InChI=1S/C20H19BrN2O2/c1-12(2)22-16-6-8-19(17(21)11-16)25-20-9-5-15-10-14(13(3)24)4-7-18(15)23-20/h4-12,22H,1-3H3. The predicted octanol–water partition coefficient (Wildman–Crippen LogP) is 5.81. The van der Waals surface area contributed by atoms with Crippen LogP contribution in [0.25, 0.3) is 10.9 Å². The Labute approximate surface area is 155 Å². The number of fused-ring (bicyclic) bond motifs is 1. The number of hydrogen-bond donors (Lipinski definition) is 1. The summed E-state index contributed by atoms with van der Waals surface area (Å²) in [7, 11) is 0. The molecule has 0 aliphatic heterocycles. The Morgan fingerprint density at radius 3 is 2.60 bits per heavy atom. The van der Waals surface area contributed by atoms with Gasteiger partial charge in [-0.3, -0.25) is 4.79 Å². The molecule has 0 spiro atoms. The number of hydrogen-bond acceptors (Lipinski definition) is 4. The van der Waals surface area contributed by atoms with Crippen molar-refractivity contribution in [3.05, 3.63) is 58.6 Å². The number of ketones is 1. The van der Waals surface area contributed by atoms with E-state index in [9.17, 15) is 4.79 Å². The van der Waals surface area contributed by atoms with Gasteiger partial charge in [0.25, 0.3) is 0 Å². The molecule has 0 aliphatic carbocycles. The number of anilines is 1. The minimum absolute atomic E-state index is 0.0428. The van der Waals surface area contributed by atoms with Crippen LogP contribution in [0.15, 0.2) is 53.0 Å². The van der Waals surface area contributed by atoms with E-state index in [0.29, 0.717) is 23.2 Å². The molecule has 1 aromatic heterocycles. The van der Waals surface area contributed by atoms with Gasteiger partial charge < -0.3 is 10.1 Å². The molecule has 2 aromatic carbocycles. The molecular weight excluding hydrogens is 380 g/mol. The van der Waals surface area contributed by atoms with Crippen molar-refractivity contribution >= 4 is 38.3 Å². The van der Waals surface area contributed by atoms with Gasteiger partial charge in [0.1, 0.15) is 5.75 Å². The zero-order chi connectivity index (χ0) is 18.0. The van der Waals surface area contributed by atoms with Crippen LogP contribution < -0.4 is 10.1 Å². The van der Waals surface area contributed by atoms with Gasteiger partial charge in [-0.25, -0.2) is 4.98 Å².